The molecule has 57 heavy (non-hydrogen) atoms. The summed E-state index contributed by atoms with van der Waals surface area (Å²) in [6.07, 6.45) is 11.0. The van der Waals surface area contributed by atoms with E-state index in [0.717, 1.165) is 49.7 Å². The molecule has 2 N–H and O–H groups in total. The van der Waals surface area contributed by atoms with Crippen LogP contribution in [-0.2, 0) is 14.4 Å². The molecule has 1 aliphatic carbocycles. The summed E-state index contributed by atoms with van der Waals surface area (Å²) in [5.41, 5.74) is 2.19. The van der Waals surface area contributed by atoms with Gasteiger partial charge in [0.15, 0.2) is 5.65 Å². The topological polar surface area (TPSA) is 159 Å². The Morgan fingerprint density at radius 1 is 0.947 bits per heavy atom. The lowest BCUT2D eigenvalue weighted by atomic mass is 9.89. The van der Waals surface area contributed by atoms with Gasteiger partial charge in [-0.15, -0.1) is 0 Å². The van der Waals surface area contributed by atoms with Crippen LogP contribution in [-0.4, -0.2) is 110 Å². The van der Waals surface area contributed by atoms with Crippen LogP contribution < -0.4 is 20.3 Å². The normalized spacial score (nSPS) is 22.1. The largest absolute Gasteiger partial charge is 0.496 e. The summed E-state index contributed by atoms with van der Waals surface area (Å²) in [6.45, 7) is 3.58. The molecule has 0 bridgehead atoms. The second-order valence-corrected chi connectivity index (χ2v) is 15.4. The number of methoxy groups -OCH3 is 1. The van der Waals surface area contributed by atoms with E-state index in [1.165, 1.54) is 19.2 Å². The molecule has 1 saturated carbocycles. The van der Waals surface area contributed by atoms with Crippen LogP contribution in [0.15, 0.2) is 55.1 Å². The summed E-state index contributed by atoms with van der Waals surface area (Å²) < 4.78 is 39.4. The zero-order valence-electron chi connectivity index (χ0n) is 31.4. The minimum absolute atomic E-state index is 0.0282. The number of fused-ring (bicyclic) bond motifs is 2. The average Bonchev–Trinajstić information content (AvgIpc) is 3.81. The summed E-state index contributed by atoms with van der Waals surface area (Å²) in [5.74, 6) is -3.94. The molecule has 4 amide bonds. The van der Waals surface area contributed by atoms with Crippen molar-refractivity contribution >= 4 is 51.6 Å². The van der Waals surface area contributed by atoms with Crippen molar-refractivity contribution in [2.45, 2.75) is 56.5 Å². The van der Waals surface area contributed by atoms with Crippen LogP contribution in [0.4, 0.5) is 20.2 Å². The van der Waals surface area contributed by atoms with Crippen LogP contribution >= 0.6 is 0 Å². The van der Waals surface area contributed by atoms with E-state index in [1.807, 2.05) is 21.8 Å². The fourth-order valence-corrected chi connectivity index (χ4v) is 8.86. The minimum Gasteiger partial charge on any atom is -0.496 e. The van der Waals surface area contributed by atoms with Crippen LogP contribution in [0.25, 0.3) is 16.6 Å². The molecule has 3 saturated heterocycles. The average molecular weight is 781 g/mol. The van der Waals surface area contributed by atoms with Gasteiger partial charge in [0.1, 0.15) is 23.1 Å². The summed E-state index contributed by atoms with van der Waals surface area (Å²) >= 11 is 0. The number of piperazine rings is 1. The first kappa shape index (κ1) is 36.7. The fourth-order valence-electron chi connectivity index (χ4n) is 8.86. The molecule has 2 aromatic carbocycles. The number of imide groups is 1. The van der Waals surface area contributed by atoms with E-state index in [2.05, 4.69) is 25.6 Å². The number of nitrogens with one attached hydrogen (secondary N) is 2. The van der Waals surface area contributed by atoms with Crippen molar-refractivity contribution in [3.63, 3.8) is 0 Å². The Labute approximate surface area is 325 Å². The Kier molecular flexibility index (Phi) is 9.54. The maximum Gasteiger partial charge on any atom is 0.259 e. The van der Waals surface area contributed by atoms with Crippen molar-refractivity contribution in [3.05, 3.63) is 77.9 Å². The molecule has 5 aromatic rings. The van der Waals surface area contributed by atoms with Crippen molar-refractivity contribution < 1.29 is 32.7 Å². The molecule has 6 heterocycles. The first-order valence-corrected chi connectivity index (χ1v) is 19.4. The first-order chi connectivity index (χ1) is 27.6. The lowest BCUT2D eigenvalue weighted by Gasteiger charge is -2.45. The van der Waals surface area contributed by atoms with E-state index in [-0.39, 0.29) is 42.2 Å². The van der Waals surface area contributed by atoms with Crippen molar-refractivity contribution in [2.24, 2.45) is 5.92 Å². The van der Waals surface area contributed by atoms with Gasteiger partial charge < -0.3 is 19.9 Å². The standard InChI is InChI=1S/C40H42F2N10O5/c1-57-34-18-32-23(15-29(34)39(55)45-33-19-44-51-10-2-9-43-37(33)51)22-52(47-32)26-5-3-25(4-6-26)48-11-13-49(14-12-48)40(56)24-20-50(21-24)27-16-30(41)36(31(42)17-27)28-7-8-35(53)46-38(28)54/h2,9-10,15-19,22,24-26,28H,3-8,11-14,20-21H2,1H3,(H,45,55)(H,46,53,54)/t25?,26?,28-/m1/s1. The van der Waals surface area contributed by atoms with E-state index in [0.29, 0.717) is 60.6 Å². The van der Waals surface area contributed by atoms with Gasteiger partial charge in [-0.25, -0.2) is 18.3 Å². The predicted octanol–water partition coefficient (Wildman–Crippen LogP) is 3.90. The SMILES string of the molecule is COc1cc2nn(C3CCC(N4CCN(C(=O)C5CN(c6cc(F)c([C@H]7CCC(=O)NC7=O)c(F)c6)C5)CC4)CC3)cc2cc1C(=O)Nc1cnn2cccnc12. The van der Waals surface area contributed by atoms with Gasteiger partial charge in [0, 0.05) is 93.0 Å². The lowest BCUT2D eigenvalue weighted by molar-refractivity contribution is -0.138. The number of piperidine rings is 1. The summed E-state index contributed by atoms with van der Waals surface area (Å²) in [5, 5.41) is 15.0. The minimum atomic E-state index is -1.05. The van der Waals surface area contributed by atoms with Crippen LogP contribution in [0.1, 0.15) is 66.4 Å². The summed E-state index contributed by atoms with van der Waals surface area (Å²) in [7, 11) is 1.53. The van der Waals surface area contributed by atoms with Gasteiger partial charge in [-0.05, 0) is 56.4 Å². The predicted molar refractivity (Wildman–Crippen MR) is 204 cm³/mol. The second kappa shape index (κ2) is 14.8. The van der Waals surface area contributed by atoms with Crippen LogP contribution in [0.5, 0.6) is 5.75 Å². The van der Waals surface area contributed by atoms with Crippen molar-refractivity contribution in [1.29, 1.82) is 0 Å². The molecular weight excluding hydrogens is 739 g/mol. The van der Waals surface area contributed by atoms with Gasteiger partial charge in [-0.1, -0.05) is 0 Å². The third-order valence-corrected chi connectivity index (χ3v) is 12.0. The number of aromatic nitrogens is 5. The highest BCUT2D eigenvalue weighted by atomic mass is 19.1. The van der Waals surface area contributed by atoms with Gasteiger partial charge >= 0.3 is 0 Å². The summed E-state index contributed by atoms with van der Waals surface area (Å²) in [6, 6.07) is 8.43. The number of amides is 4. The second-order valence-electron chi connectivity index (χ2n) is 15.4. The van der Waals surface area contributed by atoms with Crippen molar-refractivity contribution in [2.75, 3.05) is 56.6 Å². The summed E-state index contributed by atoms with van der Waals surface area (Å²) in [4.78, 5) is 61.0. The molecule has 15 nitrogen and oxygen atoms in total. The number of benzene rings is 2. The molecule has 1 atom stereocenters. The molecule has 296 valence electrons. The molecule has 3 aliphatic heterocycles. The van der Waals surface area contributed by atoms with E-state index in [9.17, 15) is 19.2 Å². The van der Waals surface area contributed by atoms with Gasteiger partial charge in [0.05, 0.1) is 42.3 Å². The number of ether oxygens (including phenoxy) is 1. The molecular formula is C40H42F2N10O5. The molecule has 4 aliphatic rings. The van der Waals surface area contributed by atoms with Crippen molar-refractivity contribution in [1.82, 2.24) is 39.5 Å². The van der Waals surface area contributed by atoms with E-state index >= 15 is 8.78 Å². The molecule has 0 spiro atoms. The Bertz CT molecular complexity index is 2370. The van der Waals surface area contributed by atoms with E-state index in [4.69, 9.17) is 9.84 Å². The fraction of sp³-hybridized carbons (Fsp3) is 0.425. The molecule has 4 fully saturated rings. The third-order valence-electron chi connectivity index (χ3n) is 12.0. The zero-order chi connectivity index (χ0) is 39.4. The highest BCUT2D eigenvalue weighted by molar-refractivity contribution is 6.09. The Morgan fingerprint density at radius 3 is 2.40 bits per heavy atom. The van der Waals surface area contributed by atoms with Crippen molar-refractivity contribution in [3.8, 4) is 5.75 Å². The van der Waals surface area contributed by atoms with E-state index < -0.39 is 29.4 Å². The first-order valence-electron chi connectivity index (χ1n) is 19.4. The van der Waals surface area contributed by atoms with Gasteiger partial charge in [0.25, 0.3) is 5.91 Å². The molecule has 17 heteroatoms. The number of carbonyl (C=O) groups excluding carboxylic acids is 4. The smallest absolute Gasteiger partial charge is 0.259 e. The molecule has 0 unspecified atom stereocenters. The zero-order valence-corrected chi connectivity index (χ0v) is 31.4. The van der Waals surface area contributed by atoms with Gasteiger partial charge in [0.2, 0.25) is 17.7 Å². The quantitative estimate of drug-likeness (QED) is 0.221. The maximum atomic E-state index is 15.1. The monoisotopic (exact) mass is 780 g/mol. The number of hydrogen-bond acceptors (Lipinski definition) is 10. The molecule has 0 radical (unpaired) electrons. The lowest BCUT2D eigenvalue weighted by Crippen LogP contribution is -2.59. The van der Waals surface area contributed by atoms with E-state index in [1.54, 1.807) is 40.1 Å². The van der Waals surface area contributed by atoms with Gasteiger partial charge in [-0.3, -0.25) is 34.1 Å². The highest BCUT2D eigenvalue weighted by Crippen LogP contribution is 2.36. The Hall–Kier alpha value is -5.97. The molecule has 3 aromatic heterocycles. The van der Waals surface area contributed by atoms with Gasteiger partial charge in [-0.2, -0.15) is 10.2 Å². The number of halogens is 2. The number of hydrogen-bond donors (Lipinski definition) is 2. The van der Waals surface area contributed by atoms with Crippen LogP contribution in [0, 0.1) is 17.6 Å². The number of carbonyl (C=O) groups is 4. The highest BCUT2D eigenvalue weighted by Gasteiger charge is 2.39. The number of rotatable bonds is 8. The Morgan fingerprint density at radius 2 is 1.68 bits per heavy atom. The number of anilines is 2. The van der Waals surface area contributed by atoms with Crippen LogP contribution in [0.2, 0.25) is 0 Å². The maximum absolute atomic E-state index is 15.1. The number of nitrogens with zero attached hydrogens (tertiary/aromatic N) is 8. The van der Waals surface area contributed by atoms with Crippen LogP contribution in [0.3, 0.4) is 0 Å². The third kappa shape index (κ3) is 6.93. The Balaban J connectivity index is 0.759. The molecule has 9 rings (SSSR count).